The number of aliphatic hydroxyl groups is 2. The summed E-state index contributed by atoms with van der Waals surface area (Å²) in [5, 5.41) is 19.5. The van der Waals surface area contributed by atoms with Crippen LogP contribution in [0.4, 0.5) is 0 Å². The Kier molecular flexibility index (Phi) is 6.09. The van der Waals surface area contributed by atoms with Gasteiger partial charge in [-0.2, -0.15) is 0 Å². The number of hydrogen-bond donors (Lipinski definition) is 2. The molecule has 108 valence electrons. The van der Waals surface area contributed by atoms with Gasteiger partial charge in [0.15, 0.2) is 0 Å². The van der Waals surface area contributed by atoms with E-state index in [-0.39, 0.29) is 18.2 Å². The minimum atomic E-state index is -0.197. The van der Waals surface area contributed by atoms with E-state index in [2.05, 4.69) is 11.8 Å². The van der Waals surface area contributed by atoms with Crippen LogP contribution in [0.3, 0.4) is 0 Å². The van der Waals surface area contributed by atoms with Crippen LogP contribution in [-0.2, 0) is 0 Å². The van der Waals surface area contributed by atoms with Gasteiger partial charge in [-0.25, -0.2) is 0 Å². The van der Waals surface area contributed by atoms with Crippen molar-refractivity contribution in [2.75, 3.05) is 20.2 Å². The van der Waals surface area contributed by atoms with Crippen molar-refractivity contribution < 1.29 is 10.2 Å². The van der Waals surface area contributed by atoms with E-state index in [0.717, 1.165) is 25.3 Å². The first-order valence-electron chi connectivity index (χ1n) is 7.40. The lowest BCUT2D eigenvalue weighted by Crippen LogP contribution is -2.48. The maximum Gasteiger partial charge on any atom is 0.0609 e. The molecule has 18 heavy (non-hydrogen) atoms. The molecule has 0 spiro atoms. The molecule has 0 amide bonds. The molecular weight excluding hydrogens is 226 g/mol. The summed E-state index contributed by atoms with van der Waals surface area (Å²) in [6.07, 6.45) is 5.64. The molecule has 3 nitrogen and oxygen atoms in total. The van der Waals surface area contributed by atoms with Gasteiger partial charge in [0.2, 0.25) is 0 Å². The van der Waals surface area contributed by atoms with Gasteiger partial charge in [-0.3, -0.25) is 4.90 Å². The molecule has 0 bridgehead atoms. The highest BCUT2D eigenvalue weighted by Gasteiger charge is 2.32. The van der Waals surface area contributed by atoms with E-state index in [9.17, 15) is 10.2 Å². The monoisotopic (exact) mass is 257 g/mol. The van der Waals surface area contributed by atoms with Crippen molar-refractivity contribution >= 4 is 0 Å². The summed E-state index contributed by atoms with van der Waals surface area (Å²) in [5.41, 5.74) is -0.197. The van der Waals surface area contributed by atoms with Gasteiger partial charge in [-0.1, -0.05) is 19.8 Å². The minimum Gasteiger partial charge on any atom is -0.394 e. The van der Waals surface area contributed by atoms with Crippen LogP contribution in [0.15, 0.2) is 0 Å². The van der Waals surface area contributed by atoms with Crippen LogP contribution in [0.2, 0.25) is 0 Å². The molecule has 0 radical (unpaired) electrons. The third-order valence-corrected chi connectivity index (χ3v) is 4.68. The second kappa shape index (κ2) is 6.88. The fourth-order valence-corrected chi connectivity index (χ4v) is 2.93. The van der Waals surface area contributed by atoms with Crippen LogP contribution in [0.5, 0.6) is 0 Å². The zero-order valence-electron chi connectivity index (χ0n) is 12.5. The van der Waals surface area contributed by atoms with E-state index < -0.39 is 0 Å². The average molecular weight is 257 g/mol. The number of rotatable bonds is 6. The molecule has 1 rings (SSSR count). The summed E-state index contributed by atoms with van der Waals surface area (Å²) in [6.45, 7) is 7.37. The summed E-state index contributed by atoms with van der Waals surface area (Å²) in [6, 6.07) is 0. The number of hydrogen-bond acceptors (Lipinski definition) is 3. The van der Waals surface area contributed by atoms with E-state index in [1.54, 1.807) is 0 Å². The largest absolute Gasteiger partial charge is 0.394 e. The van der Waals surface area contributed by atoms with Crippen molar-refractivity contribution in [1.29, 1.82) is 0 Å². The normalized spacial score (nSPS) is 29.8. The average Bonchev–Trinajstić information content (AvgIpc) is 2.33. The van der Waals surface area contributed by atoms with Crippen molar-refractivity contribution in [3.8, 4) is 0 Å². The molecule has 3 heteroatoms. The maximum atomic E-state index is 10.2. The van der Waals surface area contributed by atoms with E-state index in [1.807, 2.05) is 20.9 Å². The minimum absolute atomic E-state index is 0.157. The molecule has 0 aliphatic heterocycles. The molecule has 0 aromatic carbocycles. The van der Waals surface area contributed by atoms with Crippen LogP contribution in [0.1, 0.15) is 52.9 Å². The Labute approximate surface area is 112 Å². The molecule has 3 atom stereocenters. The van der Waals surface area contributed by atoms with Gasteiger partial charge in [-0.15, -0.1) is 0 Å². The lowest BCUT2D eigenvalue weighted by atomic mass is 9.77. The van der Waals surface area contributed by atoms with Crippen LogP contribution in [0.25, 0.3) is 0 Å². The fraction of sp³-hybridized carbons (Fsp3) is 1.00. The van der Waals surface area contributed by atoms with Crippen molar-refractivity contribution in [2.45, 2.75) is 64.5 Å². The first-order chi connectivity index (χ1) is 8.40. The lowest BCUT2D eigenvalue weighted by molar-refractivity contribution is -0.000566. The van der Waals surface area contributed by atoms with Gasteiger partial charge in [0.25, 0.3) is 0 Å². The van der Waals surface area contributed by atoms with Crippen molar-refractivity contribution in [3.05, 3.63) is 0 Å². The summed E-state index contributed by atoms with van der Waals surface area (Å²) in [7, 11) is 2.05. The molecule has 0 saturated heterocycles. The number of aliphatic hydroxyl groups excluding tert-OH is 2. The molecular formula is C15H31NO2. The zero-order valence-corrected chi connectivity index (χ0v) is 12.5. The summed E-state index contributed by atoms with van der Waals surface area (Å²) in [4.78, 5) is 2.19. The third kappa shape index (κ3) is 4.22. The number of likely N-dealkylation sites (N-methyl/N-ethyl adjacent to an activating group) is 1. The maximum absolute atomic E-state index is 10.2. The molecule has 1 saturated carbocycles. The van der Waals surface area contributed by atoms with Gasteiger partial charge in [0.1, 0.15) is 0 Å². The summed E-state index contributed by atoms with van der Waals surface area (Å²) in [5.74, 6) is 1.15. The van der Waals surface area contributed by atoms with Crippen LogP contribution in [0, 0.1) is 11.8 Å². The number of nitrogens with zero attached hydrogens (tertiary/aromatic N) is 1. The van der Waals surface area contributed by atoms with Gasteiger partial charge in [0, 0.05) is 12.1 Å². The topological polar surface area (TPSA) is 43.7 Å². The second-order valence-corrected chi connectivity index (χ2v) is 6.65. The summed E-state index contributed by atoms with van der Waals surface area (Å²) < 4.78 is 0. The van der Waals surface area contributed by atoms with Crippen LogP contribution >= 0.6 is 0 Å². The van der Waals surface area contributed by atoms with Crippen molar-refractivity contribution in [3.63, 3.8) is 0 Å². The molecule has 0 aromatic rings. The molecule has 1 aliphatic rings. The van der Waals surface area contributed by atoms with E-state index in [4.69, 9.17) is 0 Å². The molecule has 1 aliphatic carbocycles. The Morgan fingerprint density at radius 1 is 1.28 bits per heavy atom. The Bertz CT molecular complexity index is 243. The molecule has 3 unspecified atom stereocenters. The van der Waals surface area contributed by atoms with E-state index in [0.29, 0.717) is 5.92 Å². The second-order valence-electron chi connectivity index (χ2n) is 6.65. The highest BCUT2D eigenvalue weighted by Crippen LogP contribution is 2.33. The first kappa shape index (κ1) is 15.9. The van der Waals surface area contributed by atoms with Crippen molar-refractivity contribution in [2.24, 2.45) is 11.8 Å². The summed E-state index contributed by atoms with van der Waals surface area (Å²) >= 11 is 0. The predicted molar refractivity (Wildman–Crippen MR) is 75.5 cm³/mol. The Hall–Kier alpha value is -0.120. The molecule has 2 N–H and O–H groups in total. The SMILES string of the molecule is CCCC1CCC(O)C(CN(C)C(C)(C)CO)C1. The van der Waals surface area contributed by atoms with Crippen LogP contribution in [-0.4, -0.2) is 47.0 Å². The first-order valence-corrected chi connectivity index (χ1v) is 7.40. The van der Waals surface area contributed by atoms with E-state index >= 15 is 0 Å². The van der Waals surface area contributed by atoms with Crippen LogP contribution < -0.4 is 0 Å². The fourth-order valence-electron chi connectivity index (χ4n) is 2.93. The third-order valence-electron chi connectivity index (χ3n) is 4.68. The standard InChI is InChI=1S/C15H31NO2/c1-5-6-12-7-8-14(18)13(9-12)10-16(4)15(2,3)11-17/h12-14,17-18H,5-11H2,1-4H3. The van der Waals surface area contributed by atoms with E-state index in [1.165, 1.54) is 19.3 Å². The Balaban J connectivity index is 2.53. The lowest BCUT2D eigenvalue weighted by Gasteiger charge is -2.40. The van der Waals surface area contributed by atoms with Gasteiger partial charge >= 0.3 is 0 Å². The molecule has 0 heterocycles. The molecule has 0 aromatic heterocycles. The Morgan fingerprint density at radius 2 is 1.94 bits per heavy atom. The highest BCUT2D eigenvalue weighted by molar-refractivity contribution is 4.85. The zero-order chi connectivity index (χ0) is 13.8. The van der Waals surface area contributed by atoms with Gasteiger partial charge in [-0.05, 0) is 52.0 Å². The Morgan fingerprint density at radius 3 is 2.50 bits per heavy atom. The molecule has 1 fully saturated rings. The quantitative estimate of drug-likeness (QED) is 0.767. The smallest absolute Gasteiger partial charge is 0.0609 e. The van der Waals surface area contributed by atoms with Crippen molar-refractivity contribution in [1.82, 2.24) is 4.90 Å². The predicted octanol–water partition coefficient (Wildman–Crippen LogP) is 2.27. The highest BCUT2D eigenvalue weighted by atomic mass is 16.3. The van der Waals surface area contributed by atoms with Gasteiger partial charge < -0.3 is 10.2 Å². The van der Waals surface area contributed by atoms with Gasteiger partial charge in [0.05, 0.1) is 12.7 Å².